The molecule has 0 amide bonds. The predicted molar refractivity (Wildman–Crippen MR) is 75.9 cm³/mol. The Hall–Kier alpha value is -1.80. The highest BCUT2D eigenvalue weighted by molar-refractivity contribution is 6.35. The maximum absolute atomic E-state index is 6.02. The number of pyridine rings is 1. The fourth-order valence-corrected chi connectivity index (χ4v) is 2.31. The molecule has 0 aliphatic carbocycles. The van der Waals surface area contributed by atoms with Crippen molar-refractivity contribution >= 4 is 22.6 Å². The minimum atomic E-state index is 0.666. The molecular weight excluding hydrogens is 244 g/mol. The number of fused-ring (bicyclic) bond motifs is 1. The molecule has 0 bridgehead atoms. The van der Waals surface area contributed by atoms with E-state index < -0.39 is 0 Å². The van der Waals surface area contributed by atoms with Crippen LogP contribution in [0.3, 0.4) is 0 Å². The zero-order chi connectivity index (χ0) is 12.5. The van der Waals surface area contributed by atoms with E-state index in [-0.39, 0.29) is 0 Å². The first-order chi connectivity index (χ1) is 8.78. The molecule has 2 aromatic heterocycles. The van der Waals surface area contributed by atoms with Crippen molar-refractivity contribution in [1.82, 2.24) is 9.97 Å². The van der Waals surface area contributed by atoms with Gasteiger partial charge in [0.2, 0.25) is 0 Å². The molecule has 2 nitrogen and oxygen atoms in total. The van der Waals surface area contributed by atoms with Crippen molar-refractivity contribution in [3.8, 4) is 11.1 Å². The molecule has 1 aromatic carbocycles. The lowest BCUT2D eigenvalue weighted by atomic mass is 10.0. The summed E-state index contributed by atoms with van der Waals surface area (Å²) in [4.78, 5) is 7.54. The summed E-state index contributed by atoms with van der Waals surface area (Å²) in [6, 6.07) is 10.6. The Labute approximate surface area is 111 Å². The Kier molecular flexibility index (Phi) is 2.80. The number of aromatic nitrogens is 2. The van der Waals surface area contributed by atoms with Crippen LogP contribution in [-0.4, -0.2) is 9.97 Å². The summed E-state index contributed by atoms with van der Waals surface area (Å²) >= 11 is 6.02. The number of aromatic amines is 1. The lowest BCUT2D eigenvalue weighted by molar-refractivity contribution is 1.14. The summed E-state index contributed by atoms with van der Waals surface area (Å²) in [7, 11) is 0. The molecular formula is C15H13ClN2. The van der Waals surface area contributed by atoms with Gasteiger partial charge in [0.15, 0.2) is 0 Å². The maximum atomic E-state index is 6.02. The third kappa shape index (κ3) is 1.89. The van der Waals surface area contributed by atoms with E-state index in [0.29, 0.717) is 5.02 Å². The van der Waals surface area contributed by atoms with Crippen LogP contribution >= 0.6 is 11.6 Å². The fourth-order valence-electron chi connectivity index (χ4n) is 2.10. The van der Waals surface area contributed by atoms with E-state index in [0.717, 1.165) is 23.0 Å². The van der Waals surface area contributed by atoms with Gasteiger partial charge in [0.25, 0.3) is 0 Å². The minimum Gasteiger partial charge on any atom is -0.358 e. The molecule has 3 aromatic rings. The molecule has 3 heteroatoms. The number of halogens is 1. The second kappa shape index (κ2) is 4.46. The van der Waals surface area contributed by atoms with Crippen molar-refractivity contribution < 1.29 is 0 Å². The van der Waals surface area contributed by atoms with E-state index in [1.807, 2.05) is 6.20 Å². The van der Waals surface area contributed by atoms with Gasteiger partial charge in [0.05, 0.1) is 10.5 Å². The second-order valence-electron chi connectivity index (χ2n) is 4.31. The minimum absolute atomic E-state index is 0.666. The molecule has 0 saturated heterocycles. The van der Waals surface area contributed by atoms with Crippen molar-refractivity contribution in [1.29, 1.82) is 0 Å². The molecule has 90 valence electrons. The maximum Gasteiger partial charge on any atom is 0.107 e. The van der Waals surface area contributed by atoms with Crippen LogP contribution in [0.2, 0.25) is 5.02 Å². The van der Waals surface area contributed by atoms with Gasteiger partial charge >= 0.3 is 0 Å². The number of aryl methyl sites for hydroxylation is 1. The van der Waals surface area contributed by atoms with Gasteiger partial charge in [-0.15, -0.1) is 0 Å². The molecule has 1 N–H and O–H groups in total. The van der Waals surface area contributed by atoms with Gasteiger partial charge < -0.3 is 4.98 Å². The number of nitrogens with zero attached hydrogens (tertiary/aromatic N) is 1. The molecule has 18 heavy (non-hydrogen) atoms. The largest absolute Gasteiger partial charge is 0.358 e. The Morgan fingerprint density at radius 1 is 1.22 bits per heavy atom. The highest BCUT2D eigenvalue weighted by Gasteiger charge is 2.05. The molecule has 0 aliphatic rings. The summed E-state index contributed by atoms with van der Waals surface area (Å²) < 4.78 is 0. The van der Waals surface area contributed by atoms with E-state index in [9.17, 15) is 0 Å². The highest BCUT2D eigenvalue weighted by atomic mass is 35.5. The molecule has 0 fully saturated rings. The first-order valence-corrected chi connectivity index (χ1v) is 6.37. The Bertz CT molecular complexity index is 701. The van der Waals surface area contributed by atoms with Gasteiger partial charge in [-0.1, -0.05) is 42.8 Å². The van der Waals surface area contributed by atoms with Crippen LogP contribution in [0.25, 0.3) is 22.2 Å². The molecule has 0 atom stereocenters. The number of rotatable bonds is 2. The third-order valence-electron chi connectivity index (χ3n) is 3.14. The average Bonchev–Trinajstić information content (AvgIpc) is 2.80. The number of H-pyrrole nitrogens is 1. The van der Waals surface area contributed by atoms with Crippen molar-refractivity contribution in [2.45, 2.75) is 13.3 Å². The summed E-state index contributed by atoms with van der Waals surface area (Å²) in [5.74, 6) is 0. The van der Waals surface area contributed by atoms with Gasteiger partial charge in [-0.05, 0) is 23.6 Å². The quantitative estimate of drug-likeness (QED) is 0.721. The van der Waals surface area contributed by atoms with Gasteiger partial charge in [0.1, 0.15) is 5.52 Å². The molecule has 0 saturated carbocycles. The zero-order valence-corrected chi connectivity index (χ0v) is 10.8. The van der Waals surface area contributed by atoms with Gasteiger partial charge in [-0.25, -0.2) is 0 Å². The van der Waals surface area contributed by atoms with Crippen molar-refractivity contribution in [2.75, 3.05) is 0 Å². The second-order valence-corrected chi connectivity index (χ2v) is 4.72. The standard InChI is InChI=1S/C15H13ClN2/c1-2-10-4-3-5-11(6-10)12-7-14-15(18-8-12)13(16)9-17-14/h3-9,17H,2H2,1H3. The van der Waals surface area contributed by atoms with Crippen LogP contribution in [0, 0.1) is 0 Å². The predicted octanol–water partition coefficient (Wildman–Crippen LogP) is 4.45. The summed E-state index contributed by atoms with van der Waals surface area (Å²) in [6.45, 7) is 2.16. The molecule has 0 spiro atoms. The normalized spacial score (nSPS) is 11.0. The van der Waals surface area contributed by atoms with Gasteiger partial charge in [-0.3, -0.25) is 4.98 Å². The Morgan fingerprint density at radius 2 is 2.11 bits per heavy atom. The van der Waals surface area contributed by atoms with E-state index in [1.165, 1.54) is 11.1 Å². The van der Waals surface area contributed by atoms with E-state index in [2.05, 4.69) is 47.2 Å². The molecule has 3 rings (SSSR count). The molecule has 0 unspecified atom stereocenters. The lowest BCUT2D eigenvalue weighted by Gasteiger charge is -2.04. The monoisotopic (exact) mass is 256 g/mol. The summed E-state index contributed by atoms with van der Waals surface area (Å²) in [5.41, 5.74) is 5.43. The number of hydrogen-bond donors (Lipinski definition) is 1. The number of benzene rings is 1. The van der Waals surface area contributed by atoms with E-state index in [1.54, 1.807) is 6.20 Å². The number of nitrogens with one attached hydrogen (secondary N) is 1. The van der Waals surface area contributed by atoms with E-state index in [4.69, 9.17) is 11.6 Å². The smallest absolute Gasteiger partial charge is 0.107 e. The van der Waals surface area contributed by atoms with Crippen LogP contribution < -0.4 is 0 Å². The van der Waals surface area contributed by atoms with Gasteiger partial charge in [0, 0.05) is 18.0 Å². The highest BCUT2D eigenvalue weighted by Crippen LogP contribution is 2.26. The lowest BCUT2D eigenvalue weighted by Crippen LogP contribution is -1.84. The van der Waals surface area contributed by atoms with Crippen LogP contribution in [0.4, 0.5) is 0 Å². The van der Waals surface area contributed by atoms with Crippen molar-refractivity contribution in [3.63, 3.8) is 0 Å². The van der Waals surface area contributed by atoms with Crippen LogP contribution in [0.15, 0.2) is 42.7 Å². The molecule has 0 aliphatic heterocycles. The Balaban J connectivity index is 2.13. The van der Waals surface area contributed by atoms with Crippen molar-refractivity contribution in [2.24, 2.45) is 0 Å². The third-order valence-corrected chi connectivity index (χ3v) is 3.42. The molecule has 0 radical (unpaired) electrons. The fraction of sp³-hybridized carbons (Fsp3) is 0.133. The zero-order valence-electron chi connectivity index (χ0n) is 10.1. The SMILES string of the molecule is CCc1cccc(-c2cnc3c(Cl)c[nH]c3c2)c1. The van der Waals surface area contributed by atoms with Crippen LogP contribution in [0.5, 0.6) is 0 Å². The van der Waals surface area contributed by atoms with Crippen LogP contribution in [-0.2, 0) is 6.42 Å². The topological polar surface area (TPSA) is 28.7 Å². The summed E-state index contributed by atoms with van der Waals surface area (Å²) in [5, 5.41) is 0.666. The van der Waals surface area contributed by atoms with Crippen LogP contribution in [0.1, 0.15) is 12.5 Å². The molecule has 2 heterocycles. The number of hydrogen-bond acceptors (Lipinski definition) is 1. The Morgan fingerprint density at radius 3 is 2.94 bits per heavy atom. The first kappa shape index (κ1) is 11.3. The first-order valence-electron chi connectivity index (χ1n) is 6.00. The van der Waals surface area contributed by atoms with Gasteiger partial charge in [-0.2, -0.15) is 0 Å². The van der Waals surface area contributed by atoms with Crippen molar-refractivity contribution in [3.05, 3.63) is 53.3 Å². The average molecular weight is 257 g/mol. The van der Waals surface area contributed by atoms with E-state index >= 15 is 0 Å². The summed E-state index contributed by atoms with van der Waals surface area (Å²) in [6.07, 6.45) is 4.68.